The molecule has 6 nitrogen and oxygen atoms in total. The molecule has 0 N–H and O–H groups in total. The van der Waals surface area contributed by atoms with Crippen molar-refractivity contribution < 1.29 is 18.0 Å². The molecular weight excluding hydrogens is 335 g/mol. The number of azo groups is 1. The summed E-state index contributed by atoms with van der Waals surface area (Å²) in [5, 5.41) is 7.62. The fraction of sp³-hybridized carbons (Fsp3) is 0.188. The van der Waals surface area contributed by atoms with Crippen molar-refractivity contribution in [3.63, 3.8) is 0 Å². The molecule has 9 heteroatoms. The molecule has 4 heterocycles. The van der Waals surface area contributed by atoms with Gasteiger partial charge in [-0.3, -0.25) is 19.7 Å². The molecule has 0 spiro atoms. The van der Waals surface area contributed by atoms with Crippen molar-refractivity contribution in [2.75, 3.05) is 11.4 Å². The molecular formula is C16H10F3N5O. The number of rotatable bonds is 2. The maximum atomic E-state index is 13.0. The monoisotopic (exact) mass is 345 g/mol. The summed E-state index contributed by atoms with van der Waals surface area (Å²) in [5.41, 5.74) is 1.83. The van der Waals surface area contributed by atoms with Gasteiger partial charge in [0, 0.05) is 29.7 Å². The molecule has 4 rings (SSSR count). The minimum absolute atomic E-state index is 0.121. The zero-order valence-corrected chi connectivity index (χ0v) is 12.6. The Morgan fingerprint density at radius 2 is 1.96 bits per heavy atom. The number of carbonyl (C=O) groups excluding carboxylic acids is 1. The van der Waals surface area contributed by atoms with Crippen LogP contribution in [-0.2, 0) is 4.79 Å². The van der Waals surface area contributed by atoms with E-state index >= 15 is 0 Å². The molecule has 0 fully saturated rings. The van der Waals surface area contributed by atoms with Crippen LogP contribution in [0.3, 0.4) is 0 Å². The number of hydrogen-bond donors (Lipinski definition) is 0. The fourth-order valence-corrected chi connectivity index (χ4v) is 2.88. The summed E-state index contributed by atoms with van der Waals surface area (Å²) < 4.78 is 39.0. The number of carbonyl (C=O) groups is 1. The summed E-state index contributed by atoms with van der Waals surface area (Å²) in [4.78, 5) is 21.4. The minimum Gasteiger partial charge on any atom is -0.299 e. The fourth-order valence-electron chi connectivity index (χ4n) is 2.88. The Hall–Kier alpha value is -3.10. The normalized spacial score (nSPS) is 18.8. The molecule has 0 saturated carbocycles. The molecule has 0 bridgehead atoms. The van der Waals surface area contributed by atoms with Gasteiger partial charge in [0.2, 0.25) is 0 Å². The average Bonchev–Trinajstić information content (AvgIpc) is 3.08. The van der Waals surface area contributed by atoms with Gasteiger partial charge in [-0.1, -0.05) is 0 Å². The number of amides is 1. The first kappa shape index (κ1) is 15.4. The second kappa shape index (κ2) is 5.47. The summed E-state index contributed by atoms with van der Waals surface area (Å²) in [6, 6.07) is 4.15. The number of fused-ring (bicyclic) bond motifs is 3. The van der Waals surface area contributed by atoms with Crippen LogP contribution in [0.4, 0.5) is 18.9 Å². The molecule has 2 aromatic rings. The van der Waals surface area contributed by atoms with Crippen LogP contribution in [0.5, 0.6) is 0 Å². The topological polar surface area (TPSA) is 70.8 Å². The van der Waals surface area contributed by atoms with Gasteiger partial charge in [-0.2, -0.15) is 23.4 Å². The largest absolute Gasteiger partial charge is 0.406 e. The van der Waals surface area contributed by atoms with Crippen LogP contribution in [-0.4, -0.2) is 28.6 Å². The summed E-state index contributed by atoms with van der Waals surface area (Å²) in [6.07, 6.45) is 1.23. The van der Waals surface area contributed by atoms with Gasteiger partial charge < -0.3 is 0 Å². The SMILES string of the molecule is O=C1C2=CN=NC2c2cnc(-c3ccncc3)cc2N1CC(F)(F)F. The number of aromatic nitrogens is 2. The number of halogens is 3. The van der Waals surface area contributed by atoms with Crippen LogP contribution < -0.4 is 4.90 Å². The Morgan fingerprint density at radius 1 is 1.20 bits per heavy atom. The molecule has 2 aliphatic rings. The molecule has 1 unspecified atom stereocenters. The summed E-state index contributed by atoms with van der Waals surface area (Å²) in [6.45, 7) is -1.39. The van der Waals surface area contributed by atoms with Gasteiger partial charge in [-0.25, -0.2) is 0 Å². The minimum atomic E-state index is -4.53. The Labute approximate surface area is 139 Å². The quantitative estimate of drug-likeness (QED) is 0.837. The highest BCUT2D eigenvalue weighted by molar-refractivity contribution is 6.10. The lowest BCUT2D eigenvalue weighted by Crippen LogP contribution is -2.43. The van der Waals surface area contributed by atoms with Crippen LogP contribution in [0.2, 0.25) is 0 Å². The first-order valence-electron chi connectivity index (χ1n) is 7.33. The van der Waals surface area contributed by atoms with E-state index in [4.69, 9.17) is 0 Å². The van der Waals surface area contributed by atoms with Crippen LogP contribution in [0.1, 0.15) is 11.6 Å². The van der Waals surface area contributed by atoms with E-state index in [9.17, 15) is 18.0 Å². The van der Waals surface area contributed by atoms with E-state index in [1.807, 2.05) is 0 Å². The molecule has 2 aliphatic heterocycles. The van der Waals surface area contributed by atoms with Crippen molar-refractivity contribution in [1.82, 2.24) is 9.97 Å². The zero-order valence-electron chi connectivity index (χ0n) is 12.6. The van der Waals surface area contributed by atoms with E-state index < -0.39 is 24.7 Å². The van der Waals surface area contributed by atoms with E-state index in [1.165, 1.54) is 18.5 Å². The van der Waals surface area contributed by atoms with Crippen molar-refractivity contribution in [1.29, 1.82) is 0 Å². The van der Waals surface area contributed by atoms with Crippen molar-refractivity contribution in [2.24, 2.45) is 10.2 Å². The van der Waals surface area contributed by atoms with Gasteiger partial charge in [0.25, 0.3) is 5.91 Å². The predicted octanol–water partition coefficient (Wildman–Crippen LogP) is 3.44. The van der Waals surface area contributed by atoms with Gasteiger partial charge in [0.05, 0.1) is 23.2 Å². The lowest BCUT2D eigenvalue weighted by Gasteiger charge is -2.32. The molecule has 2 aromatic heterocycles. The third-order valence-electron chi connectivity index (χ3n) is 3.98. The molecule has 25 heavy (non-hydrogen) atoms. The third kappa shape index (κ3) is 2.67. The smallest absolute Gasteiger partial charge is 0.299 e. The summed E-state index contributed by atoms with van der Waals surface area (Å²) in [7, 11) is 0. The lowest BCUT2D eigenvalue weighted by atomic mass is 9.93. The Bertz CT molecular complexity index is 908. The van der Waals surface area contributed by atoms with E-state index in [0.717, 1.165) is 0 Å². The van der Waals surface area contributed by atoms with Crippen molar-refractivity contribution in [3.05, 3.63) is 54.1 Å². The molecule has 0 saturated heterocycles. The average molecular weight is 345 g/mol. The van der Waals surface area contributed by atoms with E-state index in [-0.39, 0.29) is 11.3 Å². The first-order chi connectivity index (χ1) is 11.9. The molecule has 0 radical (unpaired) electrons. The predicted molar refractivity (Wildman–Crippen MR) is 81.6 cm³/mol. The second-order valence-electron chi connectivity index (χ2n) is 5.59. The number of anilines is 1. The summed E-state index contributed by atoms with van der Waals surface area (Å²) >= 11 is 0. The van der Waals surface area contributed by atoms with Gasteiger partial charge >= 0.3 is 6.18 Å². The first-order valence-corrected chi connectivity index (χ1v) is 7.33. The van der Waals surface area contributed by atoms with E-state index in [0.29, 0.717) is 21.7 Å². The van der Waals surface area contributed by atoms with Crippen molar-refractivity contribution in [2.45, 2.75) is 12.2 Å². The van der Waals surface area contributed by atoms with Crippen LogP contribution in [0, 0.1) is 0 Å². The highest BCUT2D eigenvalue weighted by Crippen LogP contribution is 2.44. The number of nitrogens with zero attached hydrogens (tertiary/aromatic N) is 5. The highest BCUT2D eigenvalue weighted by Gasteiger charge is 2.43. The van der Waals surface area contributed by atoms with Gasteiger partial charge in [-0.15, -0.1) is 0 Å². The van der Waals surface area contributed by atoms with E-state index in [2.05, 4.69) is 20.2 Å². The zero-order chi connectivity index (χ0) is 17.6. The van der Waals surface area contributed by atoms with Crippen LogP contribution >= 0.6 is 0 Å². The molecule has 0 aromatic carbocycles. The summed E-state index contributed by atoms with van der Waals surface area (Å²) in [5.74, 6) is -0.744. The molecule has 0 aliphatic carbocycles. The molecule has 1 atom stereocenters. The standard InChI is InChI=1S/C16H10F3N5O/c17-16(18,19)8-24-13-5-12(9-1-3-20-4-2-9)21-6-10(13)14-11(15(24)25)7-22-23-14/h1-7,14H,8H2. The maximum Gasteiger partial charge on any atom is 0.406 e. The van der Waals surface area contributed by atoms with Crippen LogP contribution in [0.15, 0.2) is 58.8 Å². The maximum absolute atomic E-state index is 13.0. The Morgan fingerprint density at radius 3 is 2.68 bits per heavy atom. The Kier molecular flexibility index (Phi) is 3.38. The van der Waals surface area contributed by atoms with Gasteiger partial charge in [0.1, 0.15) is 12.6 Å². The van der Waals surface area contributed by atoms with Crippen molar-refractivity contribution >= 4 is 11.6 Å². The number of hydrogen-bond acceptors (Lipinski definition) is 5. The number of pyridine rings is 2. The molecule has 1 amide bonds. The van der Waals surface area contributed by atoms with Gasteiger partial charge in [0.15, 0.2) is 0 Å². The second-order valence-corrected chi connectivity index (χ2v) is 5.59. The lowest BCUT2D eigenvalue weighted by molar-refractivity contribution is -0.130. The van der Waals surface area contributed by atoms with Gasteiger partial charge in [-0.05, 0) is 18.2 Å². The van der Waals surface area contributed by atoms with E-state index in [1.54, 1.807) is 24.5 Å². The molecule has 126 valence electrons. The number of alkyl halides is 3. The Balaban J connectivity index is 1.86. The highest BCUT2D eigenvalue weighted by atomic mass is 19.4. The van der Waals surface area contributed by atoms with Crippen LogP contribution in [0.25, 0.3) is 11.3 Å². The van der Waals surface area contributed by atoms with Crippen molar-refractivity contribution in [3.8, 4) is 11.3 Å². The third-order valence-corrected chi connectivity index (χ3v) is 3.98.